The summed E-state index contributed by atoms with van der Waals surface area (Å²) in [4.78, 5) is 2.43. The van der Waals surface area contributed by atoms with E-state index in [0.29, 0.717) is 6.10 Å². The zero-order chi connectivity index (χ0) is 12.1. The monoisotopic (exact) mass is 234 g/mol. The molecule has 0 bridgehead atoms. The molecule has 0 radical (unpaired) electrons. The van der Waals surface area contributed by atoms with Gasteiger partial charge in [0.05, 0.1) is 6.10 Å². The second kappa shape index (κ2) is 6.03. The number of benzene rings is 1. The highest BCUT2D eigenvalue weighted by atomic mass is 16.5. The highest BCUT2D eigenvalue weighted by molar-refractivity contribution is 5.48. The lowest BCUT2D eigenvalue weighted by atomic mass is 10.1. The fourth-order valence-corrected chi connectivity index (χ4v) is 2.39. The Hall–Kier alpha value is -1.06. The molecule has 1 saturated heterocycles. The van der Waals surface area contributed by atoms with E-state index in [-0.39, 0.29) is 0 Å². The number of anilines is 1. The summed E-state index contributed by atoms with van der Waals surface area (Å²) in [6.07, 6.45) is 3.66. The first kappa shape index (κ1) is 12.4. The second-order valence-electron chi connectivity index (χ2n) is 4.63. The van der Waals surface area contributed by atoms with Crippen LogP contribution in [0.5, 0.6) is 0 Å². The number of methoxy groups -OCH3 is 1. The van der Waals surface area contributed by atoms with Crippen LogP contribution in [0, 0.1) is 0 Å². The molecule has 2 rings (SSSR count). The topological polar surface area (TPSA) is 38.5 Å². The lowest BCUT2D eigenvalue weighted by Crippen LogP contribution is -2.36. The molecule has 1 aromatic rings. The maximum Gasteiger partial charge on any atom is 0.0605 e. The van der Waals surface area contributed by atoms with Crippen molar-refractivity contribution < 1.29 is 4.74 Å². The van der Waals surface area contributed by atoms with Crippen LogP contribution >= 0.6 is 0 Å². The van der Waals surface area contributed by atoms with Crippen LogP contribution in [-0.2, 0) is 11.2 Å². The first-order chi connectivity index (χ1) is 8.33. The highest BCUT2D eigenvalue weighted by Crippen LogP contribution is 2.21. The number of hydrogen-bond acceptors (Lipinski definition) is 3. The number of nitrogens with zero attached hydrogens (tertiary/aromatic N) is 1. The van der Waals surface area contributed by atoms with E-state index in [1.54, 1.807) is 0 Å². The van der Waals surface area contributed by atoms with E-state index in [1.165, 1.54) is 11.3 Å². The minimum atomic E-state index is 0.447. The van der Waals surface area contributed by atoms with E-state index in [0.717, 1.165) is 38.9 Å². The fraction of sp³-hybridized carbons (Fsp3) is 0.571. The van der Waals surface area contributed by atoms with Crippen molar-refractivity contribution in [3.05, 3.63) is 29.8 Å². The largest absolute Gasteiger partial charge is 0.381 e. The van der Waals surface area contributed by atoms with Gasteiger partial charge in [0.15, 0.2) is 0 Å². The predicted molar refractivity (Wildman–Crippen MR) is 71.4 cm³/mol. The van der Waals surface area contributed by atoms with E-state index in [9.17, 15) is 0 Å². The molecule has 94 valence electrons. The molecule has 3 nitrogen and oxygen atoms in total. The summed E-state index contributed by atoms with van der Waals surface area (Å²) in [5.41, 5.74) is 8.19. The van der Waals surface area contributed by atoms with E-state index >= 15 is 0 Å². The molecule has 1 heterocycles. The van der Waals surface area contributed by atoms with Crippen LogP contribution in [0.2, 0.25) is 0 Å². The van der Waals surface area contributed by atoms with Crippen LogP contribution in [0.3, 0.4) is 0 Å². The molecule has 1 aliphatic rings. The Morgan fingerprint density at radius 3 is 2.41 bits per heavy atom. The molecule has 1 fully saturated rings. The van der Waals surface area contributed by atoms with Crippen molar-refractivity contribution >= 4 is 5.69 Å². The molecule has 1 aromatic carbocycles. The number of nitrogens with two attached hydrogens (primary N) is 1. The number of hydrogen-bond donors (Lipinski definition) is 1. The first-order valence-electron chi connectivity index (χ1n) is 6.40. The van der Waals surface area contributed by atoms with Gasteiger partial charge in [-0.1, -0.05) is 12.1 Å². The summed E-state index contributed by atoms with van der Waals surface area (Å²) < 4.78 is 5.39. The Morgan fingerprint density at radius 2 is 1.88 bits per heavy atom. The van der Waals surface area contributed by atoms with Crippen LogP contribution in [0.1, 0.15) is 18.4 Å². The van der Waals surface area contributed by atoms with Crippen LogP contribution in [0.4, 0.5) is 5.69 Å². The van der Waals surface area contributed by atoms with Gasteiger partial charge >= 0.3 is 0 Å². The van der Waals surface area contributed by atoms with Gasteiger partial charge in [-0.05, 0) is 43.5 Å². The van der Waals surface area contributed by atoms with Crippen LogP contribution < -0.4 is 10.6 Å². The summed E-state index contributed by atoms with van der Waals surface area (Å²) >= 11 is 0. The molecule has 0 atom stereocenters. The normalized spacial score (nSPS) is 17.4. The number of ether oxygens (including phenoxy) is 1. The molecule has 0 unspecified atom stereocenters. The molecule has 0 spiro atoms. The summed E-state index contributed by atoms with van der Waals surface area (Å²) in [6, 6.07) is 8.78. The van der Waals surface area contributed by atoms with Crippen LogP contribution in [0.15, 0.2) is 24.3 Å². The van der Waals surface area contributed by atoms with Crippen molar-refractivity contribution in [3.8, 4) is 0 Å². The van der Waals surface area contributed by atoms with Crippen molar-refractivity contribution in [2.45, 2.75) is 25.4 Å². The van der Waals surface area contributed by atoms with Gasteiger partial charge < -0.3 is 15.4 Å². The molecule has 2 N–H and O–H groups in total. The zero-order valence-corrected chi connectivity index (χ0v) is 10.6. The molecule has 3 heteroatoms. The summed E-state index contributed by atoms with van der Waals surface area (Å²) in [5, 5.41) is 0. The Labute approximate surface area is 104 Å². The standard InChI is InChI=1S/C14H22N2O/c1-17-14-7-10-16(11-8-14)13-4-2-12(3-5-13)6-9-15/h2-5,14H,6-11,15H2,1H3. The minimum absolute atomic E-state index is 0.447. The van der Waals surface area contributed by atoms with E-state index in [2.05, 4.69) is 29.2 Å². The van der Waals surface area contributed by atoms with Gasteiger partial charge in [-0.15, -0.1) is 0 Å². The highest BCUT2D eigenvalue weighted by Gasteiger charge is 2.18. The first-order valence-corrected chi connectivity index (χ1v) is 6.40. The van der Waals surface area contributed by atoms with E-state index in [1.807, 2.05) is 7.11 Å². The quantitative estimate of drug-likeness (QED) is 0.863. The van der Waals surface area contributed by atoms with Gasteiger partial charge in [0, 0.05) is 25.9 Å². The number of rotatable bonds is 4. The van der Waals surface area contributed by atoms with Crippen molar-refractivity contribution in [2.24, 2.45) is 5.73 Å². The maximum absolute atomic E-state index is 5.55. The van der Waals surface area contributed by atoms with Gasteiger partial charge in [0.2, 0.25) is 0 Å². The smallest absolute Gasteiger partial charge is 0.0605 e. The van der Waals surface area contributed by atoms with Crippen molar-refractivity contribution in [1.29, 1.82) is 0 Å². The van der Waals surface area contributed by atoms with Gasteiger partial charge in [0.1, 0.15) is 0 Å². The Bertz CT molecular complexity index is 329. The van der Waals surface area contributed by atoms with Gasteiger partial charge in [-0.25, -0.2) is 0 Å². The third-order valence-corrected chi connectivity index (χ3v) is 3.51. The summed E-state index contributed by atoms with van der Waals surface area (Å²) in [6.45, 7) is 2.90. The molecular weight excluding hydrogens is 212 g/mol. The lowest BCUT2D eigenvalue weighted by molar-refractivity contribution is 0.0819. The maximum atomic E-state index is 5.55. The summed E-state index contributed by atoms with van der Waals surface area (Å²) in [5.74, 6) is 0. The molecule has 0 aromatic heterocycles. The minimum Gasteiger partial charge on any atom is -0.381 e. The third-order valence-electron chi connectivity index (χ3n) is 3.51. The fourth-order valence-electron chi connectivity index (χ4n) is 2.39. The average molecular weight is 234 g/mol. The van der Waals surface area contributed by atoms with E-state index in [4.69, 9.17) is 10.5 Å². The van der Waals surface area contributed by atoms with Gasteiger partial charge in [-0.2, -0.15) is 0 Å². The predicted octanol–water partition coefficient (Wildman–Crippen LogP) is 1.80. The summed E-state index contributed by atoms with van der Waals surface area (Å²) in [7, 11) is 1.81. The molecule has 0 aliphatic carbocycles. The van der Waals surface area contributed by atoms with Crippen molar-refractivity contribution in [3.63, 3.8) is 0 Å². The second-order valence-corrected chi connectivity index (χ2v) is 4.63. The Morgan fingerprint density at radius 1 is 1.24 bits per heavy atom. The molecule has 17 heavy (non-hydrogen) atoms. The molecule has 0 amide bonds. The molecule has 0 saturated carbocycles. The van der Waals surface area contributed by atoms with Gasteiger partial charge in [0.25, 0.3) is 0 Å². The zero-order valence-electron chi connectivity index (χ0n) is 10.6. The molecule has 1 aliphatic heterocycles. The third kappa shape index (κ3) is 3.20. The number of piperidine rings is 1. The Kier molecular flexibility index (Phi) is 4.40. The van der Waals surface area contributed by atoms with Crippen LogP contribution in [-0.4, -0.2) is 32.8 Å². The van der Waals surface area contributed by atoms with Gasteiger partial charge in [-0.3, -0.25) is 0 Å². The van der Waals surface area contributed by atoms with Crippen molar-refractivity contribution in [1.82, 2.24) is 0 Å². The molecular formula is C14H22N2O. The Balaban J connectivity index is 1.94. The average Bonchev–Trinajstić information content (AvgIpc) is 2.40. The van der Waals surface area contributed by atoms with E-state index < -0.39 is 0 Å². The SMILES string of the molecule is COC1CCN(c2ccc(CCN)cc2)CC1. The van der Waals surface area contributed by atoms with Crippen LogP contribution in [0.25, 0.3) is 0 Å². The van der Waals surface area contributed by atoms with Crippen molar-refractivity contribution in [2.75, 3.05) is 31.6 Å². The lowest BCUT2D eigenvalue weighted by Gasteiger charge is -2.33.